The molecule has 6 atom stereocenters. The van der Waals surface area contributed by atoms with Crippen LogP contribution in [-0.4, -0.2) is 89.1 Å². The molecule has 0 rings (SSSR count). The van der Waals surface area contributed by atoms with Gasteiger partial charge in [0, 0.05) is 17.9 Å². The molecule has 0 aromatic heterocycles. The molecule has 0 amide bonds. The molecule has 8 N–H and O–H groups in total. The predicted octanol–water partition coefficient (Wildman–Crippen LogP) is 0.799. The Kier molecular flexibility index (Phi) is 19.0. The van der Waals surface area contributed by atoms with Crippen molar-refractivity contribution in [2.24, 2.45) is 11.8 Å². The SMILES string of the molecule is [B]NC(C)CC(COP(=O)(O)O)COP(=O)(O)OCCOP(=O)(O)OCC(COP(=O)(O)O)CC(CC)NF. The van der Waals surface area contributed by atoms with Crippen molar-refractivity contribution in [3.05, 3.63) is 0 Å². The van der Waals surface area contributed by atoms with Gasteiger partial charge in [0.1, 0.15) is 0 Å². The third-order valence-corrected chi connectivity index (χ3v) is 7.67. The highest BCUT2D eigenvalue weighted by atomic mass is 31.2. The van der Waals surface area contributed by atoms with Crippen molar-refractivity contribution < 1.29 is 79.2 Å². The molecule has 0 aliphatic heterocycles. The molecule has 0 aliphatic rings. The first-order valence-electron chi connectivity index (χ1n) is 11.3. The predicted molar refractivity (Wildman–Crippen MR) is 132 cm³/mol. The number of nitrogens with one attached hydrogen (secondary N) is 2. The average Bonchev–Trinajstić information content (AvgIpc) is 2.82. The van der Waals surface area contributed by atoms with Gasteiger partial charge in [0.05, 0.1) is 39.6 Å². The van der Waals surface area contributed by atoms with E-state index in [2.05, 4.69) is 23.3 Å². The van der Waals surface area contributed by atoms with Crippen LogP contribution in [0.5, 0.6) is 0 Å². The molecular formula is C15H36BFN2O16P4. The summed E-state index contributed by atoms with van der Waals surface area (Å²) in [6.45, 7) is -0.554. The van der Waals surface area contributed by atoms with E-state index in [-0.39, 0.29) is 25.3 Å². The van der Waals surface area contributed by atoms with Crippen LogP contribution in [0.15, 0.2) is 0 Å². The van der Waals surface area contributed by atoms with Gasteiger partial charge >= 0.3 is 31.3 Å². The first kappa shape index (κ1) is 39.4. The van der Waals surface area contributed by atoms with Crippen LogP contribution in [0.1, 0.15) is 33.1 Å². The summed E-state index contributed by atoms with van der Waals surface area (Å²) in [6, 6.07) is -1.14. The molecule has 232 valence electrons. The Bertz CT molecular complexity index is 877. The summed E-state index contributed by atoms with van der Waals surface area (Å²) in [5, 5.41) is 2.38. The topological polar surface area (TPSA) is 269 Å². The molecule has 39 heavy (non-hydrogen) atoms. The van der Waals surface area contributed by atoms with Crippen LogP contribution in [0.4, 0.5) is 4.48 Å². The number of rotatable bonds is 24. The Morgan fingerprint density at radius 1 is 0.718 bits per heavy atom. The lowest BCUT2D eigenvalue weighted by molar-refractivity contribution is 0.0703. The van der Waals surface area contributed by atoms with Gasteiger partial charge in [-0.2, -0.15) is 5.54 Å². The molecule has 24 heteroatoms. The highest BCUT2D eigenvalue weighted by molar-refractivity contribution is 7.47. The summed E-state index contributed by atoms with van der Waals surface area (Å²) < 4.78 is 86.3. The van der Waals surface area contributed by atoms with E-state index in [0.29, 0.717) is 0 Å². The van der Waals surface area contributed by atoms with Crippen molar-refractivity contribution in [2.45, 2.75) is 45.2 Å². The van der Waals surface area contributed by atoms with E-state index in [0.717, 1.165) is 0 Å². The van der Waals surface area contributed by atoms with E-state index in [1.54, 1.807) is 13.8 Å². The van der Waals surface area contributed by atoms with Gasteiger partial charge in [-0.15, -0.1) is 4.48 Å². The quantitative estimate of drug-likeness (QED) is 0.0309. The van der Waals surface area contributed by atoms with Crippen LogP contribution in [0.3, 0.4) is 0 Å². The minimum Gasteiger partial charge on any atom is -0.364 e. The molecule has 0 aromatic carbocycles. The number of hydrogen-bond acceptors (Lipinski definition) is 12. The van der Waals surface area contributed by atoms with Crippen molar-refractivity contribution in [2.75, 3.05) is 39.6 Å². The summed E-state index contributed by atoms with van der Waals surface area (Å²) >= 11 is 0. The second-order valence-corrected chi connectivity index (χ2v) is 13.6. The fourth-order valence-electron chi connectivity index (χ4n) is 2.81. The third-order valence-electron chi connectivity index (χ3n) is 4.73. The maximum atomic E-state index is 12.8. The zero-order valence-electron chi connectivity index (χ0n) is 21.2. The normalized spacial score (nSPS) is 19.1. The van der Waals surface area contributed by atoms with E-state index in [4.69, 9.17) is 36.6 Å². The third kappa shape index (κ3) is 22.6. The van der Waals surface area contributed by atoms with Gasteiger partial charge in [-0.25, -0.2) is 18.3 Å². The van der Waals surface area contributed by atoms with Gasteiger partial charge < -0.3 is 34.6 Å². The molecule has 0 saturated carbocycles. The van der Waals surface area contributed by atoms with Crippen LogP contribution < -0.4 is 10.8 Å². The molecule has 0 spiro atoms. The molecule has 0 aromatic rings. The molecule has 0 aliphatic carbocycles. The summed E-state index contributed by atoms with van der Waals surface area (Å²) in [4.78, 5) is 55.0. The Morgan fingerprint density at radius 2 is 1.10 bits per heavy atom. The van der Waals surface area contributed by atoms with Crippen molar-refractivity contribution >= 4 is 39.3 Å². The van der Waals surface area contributed by atoms with Gasteiger partial charge in [0.25, 0.3) is 0 Å². The minimum atomic E-state index is -4.88. The number of phosphoric ester groups is 4. The largest absolute Gasteiger partial charge is 0.472 e. The number of halogens is 1. The summed E-state index contributed by atoms with van der Waals surface area (Å²) in [5.74, 6) is -1.73. The summed E-state index contributed by atoms with van der Waals surface area (Å²) in [7, 11) is -14.0. The summed E-state index contributed by atoms with van der Waals surface area (Å²) in [5.41, 5.74) is 1.48. The highest BCUT2D eigenvalue weighted by Crippen LogP contribution is 2.47. The zero-order chi connectivity index (χ0) is 30.3. The van der Waals surface area contributed by atoms with E-state index in [1.807, 2.05) is 0 Å². The maximum absolute atomic E-state index is 12.8. The molecule has 0 heterocycles. The molecule has 2 radical (unpaired) electrons. The average molecular weight is 654 g/mol. The molecule has 0 fully saturated rings. The molecule has 0 saturated heterocycles. The Morgan fingerprint density at radius 3 is 1.44 bits per heavy atom. The van der Waals surface area contributed by atoms with E-state index >= 15 is 0 Å². The van der Waals surface area contributed by atoms with Crippen molar-refractivity contribution in [1.82, 2.24) is 10.8 Å². The zero-order valence-corrected chi connectivity index (χ0v) is 24.8. The minimum absolute atomic E-state index is 0.0819. The van der Waals surface area contributed by atoms with E-state index < -0.39 is 88.8 Å². The van der Waals surface area contributed by atoms with E-state index in [9.17, 15) is 32.5 Å². The number of hydrogen-bond donors (Lipinski definition) is 8. The lowest BCUT2D eigenvalue weighted by Crippen LogP contribution is -2.29. The lowest BCUT2D eigenvalue weighted by Gasteiger charge is -2.23. The molecule has 0 bridgehead atoms. The molecule has 18 nitrogen and oxygen atoms in total. The summed E-state index contributed by atoms with van der Waals surface area (Å²) in [6.07, 6.45) is 0.323. The van der Waals surface area contributed by atoms with Crippen LogP contribution in [0.25, 0.3) is 0 Å². The van der Waals surface area contributed by atoms with Crippen LogP contribution in [-0.2, 0) is 45.4 Å². The number of phosphoric acid groups is 4. The fourth-order valence-corrected chi connectivity index (χ4v) is 5.18. The van der Waals surface area contributed by atoms with Gasteiger partial charge in [-0.05, 0) is 25.3 Å². The lowest BCUT2D eigenvalue weighted by atomic mass is 10.0. The van der Waals surface area contributed by atoms with Crippen molar-refractivity contribution in [3.63, 3.8) is 0 Å². The van der Waals surface area contributed by atoms with Gasteiger partial charge in [0.2, 0.25) is 0 Å². The van der Waals surface area contributed by atoms with Crippen LogP contribution >= 0.6 is 31.3 Å². The molecular weight excluding hydrogens is 618 g/mol. The van der Waals surface area contributed by atoms with Crippen molar-refractivity contribution in [1.29, 1.82) is 0 Å². The van der Waals surface area contributed by atoms with Gasteiger partial charge in [-0.3, -0.25) is 27.1 Å². The first-order chi connectivity index (χ1) is 17.8. The Balaban J connectivity index is 4.74. The van der Waals surface area contributed by atoms with Crippen LogP contribution in [0, 0.1) is 11.8 Å². The van der Waals surface area contributed by atoms with Gasteiger partial charge in [-0.1, -0.05) is 13.8 Å². The first-order valence-corrected chi connectivity index (χ1v) is 17.3. The molecule has 6 unspecified atom stereocenters. The second-order valence-electron chi connectivity index (χ2n) is 8.25. The Labute approximate surface area is 226 Å². The monoisotopic (exact) mass is 654 g/mol. The second kappa shape index (κ2) is 18.8. The smallest absolute Gasteiger partial charge is 0.364 e. The standard InChI is InChI=1S/C15H36BFN2O16P4/c1-3-15(19-17)7-14(9-33-37(23,24)25)11-35-39(28,29)31-5-4-30-38(26,27)34-10-13(6-12(2)18-16)8-32-36(20,21)22/h12-15,18-19H,3-11H2,1-2H3,(H,26,27)(H,28,29)(H2,20,21,22)(H2,23,24,25). The van der Waals surface area contributed by atoms with Crippen molar-refractivity contribution in [3.8, 4) is 0 Å². The highest BCUT2D eigenvalue weighted by Gasteiger charge is 2.29. The van der Waals surface area contributed by atoms with Crippen LogP contribution in [0.2, 0.25) is 0 Å². The van der Waals surface area contributed by atoms with Gasteiger partial charge in [0.15, 0.2) is 7.98 Å². The van der Waals surface area contributed by atoms with E-state index in [1.165, 1.54) is 5.54 Å². The Hall–Kier alpha value is 0.355. The fraction of sp³-hybridized carbons (Fsp3) is 1.00. The maximum Gasteiger partial charge on any atom is 0.472 e.